The predicted octanol–water partition coefficient (Wildman–Crippen LogP) is 3.68. The van der Waals surface area contributed by atoms with Crippen molar-refractivity contribution in [1.82, 2.24) is 4.40 Å². The first-order valence-electron chi connectivity index (χ1n) is 5.18. The lowest BCUT2D eigenvalue weighted by Crippen LogP contribution is -1.99. The summed E-state index contributed by atoms with van der Waals surface area (Å²) in [5.74, 6) is 0.598. The molecule has 0 unspecified atom stereocenters. The highest BCUT2D eigenvalue weighted by Gasteiger charge is 2.08. The van der Waals surface area contributed by atoms with Crippen molar-refractivity contribution < 1.29 is 0 Å². The van der Waals surface area contributed by atoms with Gasteiger partial charge in [0.1, 0.15) is 0 Å². The molecule has 0 saturated heterocycles. The van der Waals surface area contributed by atoms with Gasteiger partial charge in [0.05, 0.1) is 0 Å². The molecule has 0 radical (unpaired) electrons. The fraction of sp³-hybridized carbons (Fsp3) is 0.385. The molecule has 0 fully saturated rings. The van der Waals surface area contributed by atoms with E-state index in [1.165, 1.54) is 22.2 Å². The molecule has 0 N–H and O–H groups in total. The average molecular weight is 187 g/mol. The third-order valence-electron chi connectivity index (χ3n) is 3.06. The van der Waals surface area contributed by atoms with E-state index >= 15 is 0 Å². The molecule has 0 aliphatic carbocycles. The fourth-order valence-electron chi connectivity index (χ4n) is 2.06. The summed E-state index contributed by atoms with van der Waals surface area (Å²) in [5, 5.41) is 0. The maximum atomic E-state index is 2.25. The number of aromatic nitrogens is 1. The molecule has 0 aromatic carbocycles. The lowest BCUT2D eigenvalue weighted by Gasteiger charge is -2.14. The minimum absolute atomic E-state index is 0.598. The molecule has 1 heteroatoms. The van der Waals surface area contributed by atoms with Gasteiger partial charge in [-0.25, -0.2) is 0 Å². The van der Waals surface area contributed by atoms with Crippen molar-refractivity contribution in [2.24, 2.45) is 0 Å². The Kier molecular flexibility index (Phi) is 2.10. The molecular formula is C13H17N. The second-order valence-corrected chi connectivity index (χ2v) is 4.29. The number of aryl methyl sites for hydroxylation is 1. The Labute approximate surface area is 85.4 Å². The molecule has 0 amide bonds. The molecule has 0 bridgehead atoms. The molecule has 0 aliphatic rings. The van der Waals surface area contributed by atoms with E-state index in [2.05, 4.69) is 56.6 Å². The Morgan fingerprint density at radius 2 is 1.86 bits per heavy atom. The van der Waals surface area contributed by atoms with E-state index in [4.69, 9.17) is 0 Å². The molecular weight excluding hydrogens is 170 g/mol. The number of rotatable bonds is 1. The number of nitrogens with zero attached hydrogens (tertiary/aromatic N) is 1. The number of hydrogen-bond acceptors (Lipinski definition) is 0. The first-order chi connectivity index (χ1) is 6.61. The predicted molar refractivity (Wildman–Crippen MR) is 61.0 cm³/mol. The summed E-state index contributed by atoms with van der Waals surface area (Å²) >= 11 is 0. The van der Waals surface area contributed by atoms with E-state index in [1.54, 1.807) is 0 Å². The lowest BCUT2D eigenvalue weighted by atomic mass is 9.97. The molecule has 0 spiro atoms. The van der Waals surface area contributed by atoms with Crippen molar-refractivity contribution in [3.05, 3.63) is 41.2 Å². The smallest absolute Gasteiger partial charge is 0.0481 e. The molecule has 0 atom stereocenters. The minimum Gasteiger partial charge on any atom is -0.323 e. The number of fused-ring (bicyclic) bond motifs is 1. The van der Waals surface area contributed by atoms with Crippen molar-refractivity contribution in [2.75, 3.05) is 0 Å². The molecule has 2 aromatic rings. The van der Waals surface area contributed by atoms with Crippen molar-refractivity contribution in [3.63, 3.8) is 0 Å². The number of pyridine rings is 1. The van der Waals surface area contributed by atoms with Crippen LogP contribution in [0.15, 0.2) is 24.5 Å². The van der Waals surface area contributed by atoms with Gasteiger partial charge < -0.3 is 4.40 Å². The van der Waals surface area contributed by atoms with Gasteiger partial charge >= 0.3 is 0 Å². The molecule has 74 valence electrons. The maximum absolute atomic E-state index is 2.25. The summed E-state index contributed by atoms with van der Waals surface area (Å²) < 4.78 is 2.22. The summed E-state index contributed by atoms with van der Waals surface area (Å²) in [5.41, 5.74) is 5.62. The summed E-state index contributed by atoms with van der Waals surface area (Å²) in [6.45, 7) is 8.92. The van der Waals surface area contributed by atoms with Crippen LogP contribution in [0, 0.1) is 13.8 Å². The van der Waals surface area contributed by atoms with Gasteiger partial charge in [0.2, 0.25) is 0 Å². The number of hydrogen-bond donors (Lipinski definition) is 0. The normalized spacial score (nSPS) is 11.5. The van der Waals surface area contributed by atoms with Crippen LogP contribution < -0.4 is 0 Å². The van der Waals surface area contributed by atoms with Gasteiger partial charge in [-0.05, 0) is 48.6 Å². The lowest BCUT2D eigenvalue weighted by molar-refractivity contribution is 0.840. The van der Waals surface area contributed by atoms with Crippen LogP contribution in [0.25, 0.3) is 5.52 Å². The topological polar surface area (TPSA) is 4.41 Å². The summed E-state index contributed by atoms with van der Waals surface area (Å²) in [4.78, 5) is 0. The fourth-order valence-corrected chi connectivity index (χ4v) is 2.06. The monoisotopic (exact) mass is 187 g/mol. The van der Waals surface area contributed by atoms with Gasteiger partial charge in [-0.1, -0.05) is 13.8 Å². The minimum atomic E-state index is 0.598. The standard InChI is InChI=1S/C13H17N/c1-9(2)12-8-14-7-5-6-13(14)11(4)10(12)3/h5-9H,1-4H3. The Hall–Kier alpha value is -1.24. The van der Waals surface area contributed by atoms with Crippen molar-refractivity contribution in [3.8, 4) is 0 Å². The van der Waals surface area contributed by atoms with E-state index in [0.717, 1.165) is 0 Å². The van der Waals surface area contributed by atoms with E-state index < -0.39 is 0 Å². The molecule has 2 heterocycles. The van der Waals surface area contributed by atoms with Crippen LogP contribution >= 0.6 is 0 Å². The van der Waals surface area contributed by atoms with Crippen molar-refractivity contribution in [1.29, 1.82) is 0 Å². The van der Waals surface area contributed by atoms with Gasteiger partial charge in [-0.2, -0.15) is 0 Å². The quantitative estimate of drug-likeness (QED) is 0.641. The molecule has 0 saturated carbocycles. The SMILES string of the molecule is Cc1c(C(C)C)cn2cccc2c1C. The van der Waals surface area contributed by atoms with Crippen molar-refractivity contribution >= 4 is 5.52 Å². The van der Waals surface area contributed by atoms with E-state index in [-0.39, 0.29) is 0 Å². The molecule has 0 aliphatic heterocycles. The van der Waals surface area contributed by atoms with Gasteiger partial charge in [0.25, 0.3) is 0 Å². The maximum Gasteiger partial charge on any atom is 0.0481 e. The van der Waals surface area contributed by atoms with E-state index in [0.29, 0.717) is 5.92 Å². The van der Waals surface area contributed by atoms with E-state index in [9.17, 15) is 0 Å². The summed E-state index contributed by atoms with van der Waals surface area (Å²) in [7, 11) is 0. The van der Waals surface area contributed by atoms with Gasteiger partial charge in [0.15, 0.2) is 0 Å². The summed E-state index contributed by atoms with van der Waals surface area (Å²) in [6.07, 6.45) is 4.37. The first kappa shape index (κ1) is 9.32. The summed E-state index contributed by atoms with van der Waals surface area (Å²) in [6, 6.07) is 4.28. The second kappa shape index (κ2) is 3.16. The second-order valence-electron chi connectivity index (χ2n) is 4.29. The largest absolute Gasteiger partial charge is 0.323 e. The first-order valence-corrected chi connectivity index (χ1v) is 5.18. The van der Waals surface area contributed by atoms with Crippen LogP contribution in [0.4, 0.5) is 0 Å². The average Bonchev–Trinajstić information content (AvgIpc) is 2.58. The Morgan fingerprint density at radius 1 is 1.14 bits per heavy atom. The molecule has 14 heavy (non-hydrogen) atoms. The van der Waals surface area contributed by atoms with E-state index in [1.807, 2.05) is 0 Å². The third-order valence-corrected chi connectivity index (χ3v) is 3.06. The highest BCUT2D eigenvalue weighted by molar-refractivity contribution is 5.59. The Morgan fingerprint density at radius 3 is 2.50 bits per heavy atom. The van der Waals surface area contributed by atoms with Gasteiger partial charge in [-0.3, -0.25) is 0 Å². The highest BCUT2D eigenvalue weighted by atomic mass is 14.9. The van der Waals surface area contributed by atoms with Crippen LogP contribution in [0.5, 0.6) is 0 Å². The van der Waals surface area contributed by atoms with Crippen LogP contribution in [0.1, 0.15) is 36.5 Å². The Bertz CT molecular complexity index is 463. The molecule has 1 nitrogen and oxygen atoms in total. The van der Waals surface area contributed by atoms with Crippen LogP contribution in [0.2, 0.25) is 0 Å². The van der Waals surface area contributed by atoms with Crippen LogP contribution in [-0.4, -0.2) is 4.40 Å². The zero-order valence-electron chi connectivity index (χ0n) is 9.33. The van der Waals surface area contributed by atoms with Crippen LogP contribution in [-0.2, 0) is 0 Å². The van der Waals surface area contributed by atoms with Gasteiger partial charge in [-0.15, -0.1) is 0 Å². The van der Waals surface area contributed by atoms with Crippen molar-refractivity contribution in [2.45, 2.75) is 33.6 Å². The Balaban J connectivity index is 2.80. The zero-order valence-corrected chi connectivity index (χ0v) is 9.33. The molecule has 2 rings (SSSR count). The zero-order chi connectivity index (χ0) is 10.3. The third kappa shape index (κ3) is 1.24. The highest BCUT2D eigenvalue weighted by Crippen LogP contribution is 2.24. The van der Waals surface area contributed by atoms with Gasteiger partial charge in [0, 0.05) is 17.9 Å². The molecule has 2 aromatic heterocycles. The van der Waals surface area contributed by atoms with Crippen LogP contribution in [0.3, 0.4) is 0 Å².